The van der Waals surface area contributed by atoms with Crippen LogP contribution in [0.1, 0.15) is 44.6 Å². The van der Waals surface area contributed by atoms with Crippen LogP contribution in [0.3, 0.4) is 0 Å². The van der Waals surface area contributed by atoms with E-state index in [1.165, 1.54) is 4.90 Å². The van der Waals surface area contributed by atoms with Crippen LogP contribution in [0.2, 0.25) is 0 Å². The number of nitrogens with one attached hydrogen (secondary N) is 1. The zero-order valence-electron chi connectivity index (χ0n) is 23.7. The van der Waals surface area contributed by atoms with E-state index in [1.54, 1.807) is 24.0 Å². The average molecular weight is 568 g/mol. The van der Waals surface area contributed by atoms with Crippen LogP contribution in [0, 0.1) is 11.8 Å². The molecule has 2 N–H and O–H groups in total. The number of aliphatic hydroxyl groups excluding tert-OH is 1. The van der Waals surface area contributed by atoms with Crippen LogP contribution in [-0.2, 0) is 35.2 Å². The summed E-state index contributed by atoms with van der Waals surface area (Å²) in [6.07, 6.45) is 4.28. The van der Waals surface area contributed by atoms with E-state index in [4.69, 9.17) is 9.47 Å². The van der Waals surface area contributed by atoms with Crippen LogP contribution in [0.25, 0.3) is 0 Å². The highest BCUT2D eigenvalue weighted by molar-refractivity contribution is 5.98. The van der Waals surface area contributed by atoms with Gasteiger partial charge >= 0.3 is 5.97 Å². The third-order valence-corrected chi connectivity index (χ3v) is 8.22. The Bertz CT molecular complexity index is 1140. The summed E-state index contributed by atoms with van der Waals surface area (Å²) >= 11 is 0. The summed E-state index contributed by atoms with van der Waals surface area (Å²) in [5.74, 6) is -3.05. The lowest BCUT2D eigenvalue weighted by atomic mass is 9.70. The molecule has 222 valence electrons. The van der Waals surface area contributed by atoms with Crippen molar-refractivity contribution in [3.8, 4) is 0 Å². The van der Waals surface area contributed by atoms with Crippen LogP contribution >= 0.6 is 0 Å². The van der Waals surface area contributed by atoms with Gasteiger partial charge in [0, 0.05) is 32.7 Å². The summed E-state index contributed by atoms with van der Waals surface area (Å²) in [4.78, 5) is 56.8. The van der Waals surface area contributed by atoms with Crippen molar-refractivity contribution < 1.29 is 33.8 Å². The largest absolute Gasteiger partial charge is 0.460 e. The Labute approximate surface area is 241 Å². The van der Waals surface area contributed by atoms with Crippen molar-refractivity contribution in [2.45, 2.75) is 69.4 Å². The number of allylic oxidation sites excluding steroid dienone is 1. The summed E-state index contributed by atoms with van der Waals surface area (Å²) in [6, 6.07) is 8.64. The van der Waals surface area contributed by atoms with E-state index in [9.17, 15) is 24.3 Å². The molecule has 0 radical (unpaired) electrons. The number of hydrogen-bond donors (Lipinski definition) is 2. The van der Waals surface area contributed by atoms with Gasteiger partial charge in [0.25, 0.3) is 0 Å². The molecule has 0 aromatic heterocycles. The first-order valence-corrected chi connectivity index (χ1v) is 14.4. The van der Waals surface area contributed by atoms with Gasteiger partial charge in [-0.1, -0.05) is 42.5 Å². The van der Waals surface area contributed by atoms with Crippen molar-refractivity contribution in [2.75, 3.05) is 26.2 Å². The maximum Gasteiger partial charge on any atom is 0.312 e. The fraction of sp³-hybridized carbons (Fsp3) is 0.548. The molecule has 3 aliphatic rings. The average Bonchev–Trinajstić information content (AvgIpc) is 3.61. The van der Waals surface area contributed by atoms with E-state index in [0.29, 0.717) is 38.6 Å². The topological polar surface area (TPSA) is 125 Å². The van der Waals surface area contributed by atoms with E-state index in [1.807, 2.05) is 30.3 Å². The van der Waals surface area contributed by atoms with Gasteiger partial charge in [0.2, 0.25) is 17.7 Å². The zero-order chi connectivity index (χ0) is 29.6. The van der Waals surface area contributed by atoms with E-state index >= 15 is 0 Å². The standard InChI is InChI=1S/C31H41N3O7/c1-4-6-13-24(36)32-19-21(3)40-30(39)25-23-14-15-31(41-23)26(25)28(37)34(17-10-18-35)27(31)29(38)33(16-5-2)20-22-11-8-7-9-12-22/h4-5,7-9,11-12,21,23,25-27,35H,1-2,6,10,13-20H2,3H3,(H,32,36)/t21-,23+,25-,26-,27+,31-/m1/s1. The molecule has 10 heteroatoms. The second-order valence-corrected chi connectivity index (χ2v) is 11.0. The summed E-state index contributed by atoms with van der Waals surface area (Å²) in [5, 5.41) is 12.3. The van der Waals surface area contributed by atoms with Crippen molar-refractivity contribution >= 4 is 23.7 Å². The number of benzene rings is 1. The van der Waals surface area contributed by atoms with E-state index < -0.39 is 41.7 Å². The summed E-state index contributed by atoms with van der Waals surface area (Å²) in [7, 11) is 0. The van der Waals surface area contributed by atoms with Gasteiger partial charge in [-0.25, -0.2) is 0 Å². The molecular weight excluding hydrogens is 526 g/mol. The Morgan fingerprint density at radius 1 is 1.27 bits per heavy atom. The third-order valence-electron chi connectivity index (χ3n) is 8.22. The molecule has 41 heavy (non-hydrogen) atoms. The van der Waals surface area contributed by atoms with Gasteiger partial charge in [-0.15, -0.1) is 13.2 Å². The second kappa shape index (κ2) is 13.4. The molecule has 3 amide bonds. The number of carbonyl (C=O) groups excluding carboxylic acids is 4. The molecule has 4 rings (SSSR count). The van der Waals surface area contributed by atoms with Gasteiger partial charge in [0.15, 0.2) is 0 Å². The molecule has 0 saturated carbocycles. The number of rotatable bonds is 15. The minimum Gasteiger partial charge on any atom is -0.460 e. The van der Waals surface area contributed by atoms with Gasteiger partial charge in [0.1, 0.15) is 17.7 Å². The predicted molar refractivity (Wildman–Crippen MR) is 151 cm³/mol. The highest BCUT2D eigenvalue weighted by atomic mass is 16.6. The number of likely N-dealkylation sites (tertiary alicyclic amines) is 1. The second-order valence-electron chi connectivity index (χ2n) is 11.0. The summed E-state index contributed by atoms with van der Waals surface area (Å²) < 4.78 is 12.2. The maximum atomic E-state index is 14.2. The monoisotopic (exact) mass is 567 g/mol. The quantitative estimate of drug-likeness (QED) is 0.245. The third kappa shape index (κ3) is 6.23. The molecule has 1 aromatic carbocycles. The fourth-order valence-corrected chi connectivity index (χ4v) is 6.44. The number of nitrogens with zero attached hydrogens (tertiary/aromatic N) is 2. The molecule has 1 spiro atoms. The van der Waals surface area contributed by atoms with Crippen molar-refractivity contribution in [1.82, 2.24) is 15.1 Å². The summed E-state index contributed by atoms with van der Waals surface area (Å²) in [6.45, 7) is 9.88. The number of esters is 1. The molecule has 3 aliphatic heterocycles. The Morgan fingerprint density at radius 3 is 2.71 bits per heavy atom. The van der Waals surface area contributed by atoms with Crippen LogP contribution < -0.4 is 5.32 Å². The lowest BCUT2D eigenvalue weighted by Gasteiger charge is -2.36. The van der Waals surface area contributed by atoms with Crippen LogP contribution in [0.5, 0.6) is 0 Å². The molecule has 3 saturated heterocycles. The fourth-order valence-electron chi connectivity index (χ4n) is 6.44. The minimum absolute atomic E-state index is 0.142. The molecule has 3 heterocycles. The van der Waals surface area contributed by atoms with Gasteiger partial charge in [0.05, 0.1) is 24.5 Å². The van der Waals surface area contributed by atoms with Gasteiger partial charge < -0.3 is 29.7 Å². The maximum absolute atomic E-state index is 14.2. The van der Waals surface area contributed by atoms with Crippen molar-refractivity contribution in [1.29, 1.82) is 0 Å². The lowest BCUT2D eigenvalue weighted by molar-refractivity contribution is -0.159. The number of carbonyl (C=O) groups is 4. The Hall–Kier alpha value is -3.50. The predicted octanol–water partition coefficient (Wildman–Crippen LogP) is 1.97. The molecule has 6 atom stereocenters. The van der Waals surface area contributed by atoms with Gasteiger partial charge in [-0.2, -0.15) is 0 Å². The number of aliphatic hydroxyl groups is 1. The SMILES string of the molecule is C=CCCC(=O)NC[C@@H](C)OC(=O)[C@@H]1[C@@H]2CC[C@]3(O2)[C@H](C(=O)N(CC=C)Cc2ccccc2)N(CCCO)C(=O)[C@@H]13. The first-order chi connectivity index (χ1) is 19.8. The van der Waals surface area contributed by atoms with Gasteiger partial charge in [-0.3, -0.25) is 19.2 Å². The smallest absolute Gasteiger partial charge is 0.312 e. The Kier molecular flexibility index (Phi) is 9.99. The minimum atomic E-state index is -1.16. The molecule has 3 fully saturated rings. The molecule has 0 unspecified atom stereocenters. The Morgan fingerprint density at radius 2 is 2.02 bits per heavy atom. The van der Waals surface area contributed by atoms with Crippen LogP contribution in [0.15, 0.2) is 55.6 Å². The molecule has 2 bridgehead atoms. The molecule has 10 nitrogen and oxygen atoms in total. The van der Waals surface area contributed by atoms with Gasteiger partial charge in [-0.05, 0) is 38.2 Å². The number of amides is 3. The first-order valence-electron chi connectivity index (χ1n) is 14.4. The van der Waals surface area contributed by atoms with Crippen molar-refractivity contribution in [3.63, 3.8) is 0 Å². The summed E-state index contributed by atoms with van der Waals surface area (Å²) in [5.41, 5.74) is -0.220. The van der Waals surface area contributed by atoms with E-state index in [0.717, 1.165) is 5.56 Å². The molecular formula is C31H41N3O7. The normalized spacial score (nSPS) is 26.8. The Balaban J connectivity index is 1.55. The van der Waals surface area contributed by atoms with E-state index in [-0.39, 0.29) is 44.0 Å². The lowest BCUT2D eigenvalue weighted by Crippen LogP contribution is -2.56. The highest BCUT2D eigenvalue weighted by Gasteiger charge is 2.75. The molecule has 1 aromatic rings. The number of hydrogen-bond acceptors (Lipinski definition) is 7. The van der Waals surface area contributed by atoms with E-state index in [2.05, 4.69) is 18.5 Å². The first kappa shape index (κ1) is 30.5. The van der Waals surface area contributed by atoms with Crippen LogP contribution in [0.4, 0.5) is 0 Å². The van der Waals surface area contributed by atoms with Crippen molar-refractivity contribution in [2.24, 2.45) is 11.8 Å². The van der Waals surface area contributed by atoms with Crippen molar-refractivity contribution in [3.05, 3.63) is 61.2 Å². The highest BCUT2D eigenvalue weighted by Crippen LogP contribution is 2.58. The van der Waals surface area contributed by atoms with Crippen LogP contribution in [-0.4, -0.2) is 88.7 Å². The number of ether oxygens (including phenoxy) is 2. The molecule has 0 aliphatic carbocycles. The zero-order valence-corrected chi connectivity index (χ0v) is 23.7. The number of fused-ring (bicyclic) bond motifs is 1.